The predicted octanol–water partition coefficient (Wildman–Crippen LogP) is 1.61. The summed E-state index contributed by atoms with van der Waals surface area (Å²) in [6.07, 6.45) is -0.0651. The molecule has 1 aromatic rings. The number of carbonyl (C=O) groups excluding carboxylic acids is 1. The quantitative estimate of drug-likeness (QED) is 0.661. The summed E-state index contributed by atoms with van der Waals surface area (Å²) >= 11 is 5.94. The summed E-state index contributed by atoms with van der Waals surface area (Å²) in [7, 11) is 0. The van der Waals surface area contributed by atoms with E-state index in [2.05, 4.69) is 10.6 Å². The number of benzene rings is 1. The first-order valence-electron chi connectivity index (χ1n) is 5.61. The molecule has 19 heavy (non-hydrogen) atoms. The lowest BCUT2D eigenvalue weighted by atomic mass is 10.2. The minimum atomic E-state index is -1.21. The zero-order chi connectivity index (χ0) is 14.4. The van der Waals surface area contributed by atoms with Gasteiger partial charge in [0.1, 0.15) is 6.04 Å². The van der Waals surface area contributed by atoms with E-state index in [4.69, 9.17) is 21.8 Å². The Kier molecular flexibility index (Phi) is 5.59. The minimum Gasteiger partial charge on any atom is -0.480 e. The van der Waals surface area contributed by atoms with Gasteiger partial charge in [0, 0.05) is 13.0 Å². The normalized spacial score (nSPS) is 11.7. The number of rotatable bonds is 5. The molecule has 0 aliphatic heterocycles. The molecule has 4 N–H and O–H groups in total. The summed E-state index contributed by atoms with van der Waals surface area (Å²) in [5.74, 6) is -1.21. The van der Waals surface area contributed by atoms with Crippen LogP contribution >= 0.6 is 11.6 Å². The summed E-state index contributed by atoms with van der Waals surface area (Å²) in [5.41, 5.74) is 1.33. The first-order valence-corrected chi connectivity index (χ1v) is 5.99. The Morgan fingerprint density at radius 2 is 2.11 bits per heavy atom. The summed E-state index contributed by atoms with van der Waals surface area (Å²) in [6, 6.07) is 3.24. The lowest BCUT2D eigenvalue weighted by molar-refractivity contribution is -0.139. The van der Waals surface area contributed by atoms with Crippen LogP contribution in [0.1, 0.15) is 12.0 Å². The number of amides is 2. The van der Waals surface area contributed by atoms with Crippen LogP contribution in [0.4, 0.5) is 10.5 Å². The minimum absolute atomic E-state index is 0.0651. The van der Waals surface area contributed by atoms with Crippen molar-refractivity contribution in [1.29, 1.82) is 0 Å². The lowest BCUT2D eigenvalue weighted by Crippen LogP contribution is -2.43. The van der Waals surface area contributed by atoms with Crippen molar-refractivity contribution in [3.8, 4) is 0 Å². The number of anilines is 1. The Labute approximate surface area is 115 Å². The van der Waals surface area contributed by atoms with Gasteiger partial charge in [-0.25, -0.2) is 9.59 Å². The molecule has 0 aliphatic rings. The number of urea groups is 1. The van der Waals surface area contributed by atoms with E-state index in [0.29, 0.717) is 10.7 Å². The van der Waals surface area contributed by atoms with Gasteiger partial charge in [-0.15, -0.1) is 0 Å². The van der Waals surface area contributed by atoms with Crippen LogP contribution in [0.15, 0.2) is 18.2 Å². The van der Waals surface area contributed by atoms with Crippen molar-refractivity contribution in [2.75, 3.05) is 11.9 Å². The van der Waals surface area contributed by atoms with Crippen molar-refractivity contribution in [2.24, 2.45) is 0 Å². The van der Waals surface area contributed by atoms with Gasteiger partial charge in [-0.3, -0.25) is 0 Å². The molecule has 1 aromatic carbocycles. The number of aryl methyl sites for hydroxylation is 1. The van der Waals surface area contributed by atoms with Crippen molar-refractivity contribution in [1.82, 2.24) is 5.32 Å². The van der Waals surface area contributed by atoms with Crippen LogP contribution in [0.2, 0.25) is 5.02 Å². The molecule has 7 heteroatoms. The SMILES string of the molecule is Cc1ccc(NC(=O)NC(CCO)C(=O)O)c(Cl)c1. The molecule has 0 saturated heterocycles. The van der Waals surface area contributed by atoms with Crippen molar-refractivity contribution in [3.05, 3.63) is 28.8 Å². The Balaban J connectivity index is 2.66. The van der Waals surface area contributed by atoms with Crippen LogP contribution in [-0.4, -0.2) is 34.9 Å². The summed E-state index contributed by atoms with van der Waals surface area (Å²) in [6.45, 7) is 1.53. The van der Waals surface area contributed by atoms with Gasteiger partial charge in [0.2, 0.25) is 0 Å². The molecule has 0 aliphatic carbocycles. The molecule has 0 fully saturated rings. The molecule has 1 atom stereocenters. The smallest absolute Gasteiger partial charge is 0.326 e. The summed E-state index contributed by atoms with van der Waals surface area (Å²) < 4.78 is 0. The second kappa shape index (κ2) is 6.96. The zero-order valence-electron chi connectivity index (χ0n) is 10.3. The third-order valence-electron chi connectivity index (χ3n) is 2.39. The van der Waals surface area contributed by atoms with Crippen LogP contribution in [0.25, 0.3) is 0 Å². The topological polar surface area (TPSA) is 98.7 Å². The van der Waals surface area contributed by atoms with Crippen LogP contribution in [0.5, 0.6) is 0 Å². The Bertz CT molecular complexity index is 479. The van der Waals surface area contributed by atoms with Crippen molar-refractivity contribution in [2.45, 2.75) is 19.4 Å². The number of hydrogen-bond acceptors (Lipinski definition) is 3. The van der Waals surface area contributed by atoms with Gasteiger partial charge in [-0.2, -0.15) is 0 Å². The maximum absolute atomic E-state index is 11.6. The van der Waals surface area contributed by atoms with Crippen LogP contribution in [0.3, 0.4) is 0 Å². The number of carboxylic acids is 1. The van der Waals surface area contributed by atoms with E-state index in [1.165, 1.54) is 0 Å². The van der Waals surface area contributed by atoms with E-state index < -0.39 is 18.0 Å². The standard InChI is InChI=1S/C12H15ClN2O4/c1-7-2-3-9(8(13)6-7)14-12(19)15-10(4-5-16)11(17)18/h2-3,6,10,16H,4-5H2,1H3,(H,17,18)(H2,14,15,19). The van der Waals surface area contributed by atoms with Crippen LogP contribution < -0.4 is 10.6 Å². The second-order valence-electron chi connectivity index (χ2n) is 3.98. The number of halogens is 1. The first kappa shape index (κ1) is 15.3. The van der Waals surface area contributed by atoms with Gasteiger partial charge in [-0.05, 0) is 24.6 Å². The van der Waals surface area contributed by atoms with Crippen LogP contribution in [-0.2, 0) is 4.79 Å². The van der Waals surface area contributed by atoms with E-state index in [1.54, 1.807) is 18.2 Å². The van der Waals surface area contributed by atoms with Gasteiger partial charge in [0.25, 0.3) is 0 Å². The first-order chi connectivity index (χ1) is 8.93. The highest BCUT2D eigenvalue weighted by Crippen LogP contribution is 2.22. The van der Waals surface area contributed by atoms with E-state index in [9.17, 15) is 9.59 Å². The number of carbonyl (C=O) groups is 2. The summed E-state index contributed by atoms with van der Waals surface area (Å²) in [5, 5.41) is 22.6. The Morgan fingerprint density at radius 1 is 1.42 bits per heavy atom. The Hall–Kier alpha value is -1.79. The average Bonchev–Trinajstić information content (AvgIpc) is 2.32. The van der Waals surface area contributed by atoms with Gasteiger partial charge < -0.3 is 20.8 Å². The molecular weight excluding hydrogens is 272 g/mol. The molecule has 1 rings (SSSR count). The number of aliphatic carboxylic acids is 1. The number of aliphatic hydroxyl groups excluding tert-OH is 1. The molecular formula is C12H15ClN2O4. The number of nitrogens with one attached hydrogen (secondary N) is 2. The fraction of sp³-hybridized carbons (Fsp3) is 0.333. The van der Waals surface area contributed by atoms with Gasteiger partial charge >= 0.3 is 12.0 Å². The molecule has 1 unspecified atom stereocenters. The molecule has 104 valence electrons. The number of carboxylic acid groups (broad SMARTS) is 1. The van der Waals surface area contributed by atoms with Crippen molar-refractivity contribution < 1.29 is 19.8 Å². The molecule has 0 spiro atoms. The molecule has 0 heterocycles. The molecule has 0 aromatic heterocycles. The van der Waals surface area contributed by atoms with Crippen molar-refractivity contribution in [3.63, 3.8) is 0 Å². The van der Waals surface area contributed by atoms with Gasteiger partial charge in [-0.1, -0.05) is 17.7 Å². The monoisotopic (exact) mass is 286 g/mol. The Morgan fingerprint density at radius 3 is 2.63 bits per heavy atom. The third-order valence-corrected chi connectivity index (χ3v) is 2.71. The highest BCUT2D eigenvalue weighted by atomic mass is 35.5. The second-order valence-corrected chi connectivity index (χ2v) is 4.39. The lowest BCUT2D eigenvalue weighted by Gasteiger charge is -2.14. The van der Waals surface area contributed by atoms with E-state index in [0.717, 1.165) is 5.56 Å². The van der Waals surface area contributed by atoms with E-state index in [-0.39, 0.29) is 13.0 Å². The molecule has 0 bridgehead atoms. The fourth-order valence-corrected chi connectivity index (χ4v) is 1.71. The maximum atomic E-state index is 11.6. The fourth-order valence-electron chi connectivity index (χ4n) is 1.42. The highest BCUT2D eigenvalue weighted by Gasteiger charge is 2.19. The van der Waals surface area contributed by atoms with Crippen molar-refractivity contribution >= 4 is 29.3 Å². The van der Waals surface area contributed by atoms with Gasteiger partial charge in [0.15, 0.2) is 0 Å². The largest absolute Gasteiger partial charge is 0.480 e. The maximum Gasteiger partial charge on any atom is 0.326 e. The molecule has 2 amide bonds. The molecule has 0 radical (unpaired) electrons. The number of hydrogen-bond donors (Lipinski definition) is 4. The summed E-state index contributed by atoms with van der Waals surface area (Å²) in [4.78, 5) is 22.4. The van der Waals surface area contributed by atoms with Gasteiger partial charge in [0.05, 0.1) is 10.7 Å². The highest BCUT2D eigenvalue weighted by molar-refractivity contribution is 6.33. The molecule has 0 saturated carbocycles. The predicted molar refractivity (Wildman–Crippen MR) is 71.5 cm³/mol. The number of aliphatic hydroxyl groups is 1. The zero-order valence-corrected chi connectivity index (χ0v) is 11.1. The van der Waals surface area contributed by atoms with Crippen LogP contribution in [0, 0.1) is 6.92 Å². The average molecular weight is 287 g/mol. The molecule has 6 nitrogen and oxygen atoms in total. The third kappa shape index (κ3) is 4.76. The van der Waals surface area contributed by atoms with E-state index in [1.807, 2.05) is 6.92 Å². The van der Waals surface area contributed by atoms with E-state index >= 15 is 0 Å².